The molecule has 0 saturated heterocycles. The second-order valence-electron chi connectivity index (χ2n) is 5.59. The van der Waals surface area contributed by atoms with E-state index in [2.05, 4.69) is 25.7 Å². The van der Waals surface area contributed by atoms with Gasteiger partial charge in [0.15, 0.2) is 0 Å². The van der Waals surface area contributed by atoms with Gasteiger partial charge in [0, 0.05) is 11.1 Å². The minimum absolute atomic E-state index is 0.137. The molecule has 4 rings (SSSR count). The third kappa shape index (κ3) is 3.36. The van der Waals surface area contributed by atoms with E-state index < -0.39 is 0 Å². The zero-order valence-electron chi connectivity index (χ0n) is 13.7. The van der Waals surface area contributed by atoms with Gasteiger partial charge in [0.2, 0.25) is 11.7 Å². The molecule has 0 atom stereocenters. The van der Waals surface area contributed by atoms with Crippen LogP contribution in [0.3, 0.4) is 0 Å². The van der Waals surface area contributed by atoms with E-state index in [1.54, 1.807) is 6.07 Å². The van der Waals surface area contributed by atoms with Crippen molar-refractivity contribution in [2.24, 2.45) is 0 Å². The zero-order chi connectivity index (χ0) is 17.8. The summed E-state index contributed by atoms with van der Waals surface area (Å²) in [6, 6.07) is 20.8. The molecule has 0 bridgehead atoms. The van der Waals surface area contributed by atoms with Crippen LogP contribution in [0.5, 0.6) is 0 Å². The zero-order valence-corrected chi connectivity index (χ0v) is 13.7. The lowest BCUT2D eigenvalue weighted by Gasteiger charge is -1.98. The first kappa shape index (κ1) is 15.8. The van der Waals surface area contributed by atoms with Gasteiger partial charge < -0.3 is 9.84 Å². The van der Waals surface area contributed by atoms with E-state index in [1.165, 1.54) is 0 Å². The van der Waals surface area contributed by atoms with Gasteiger partial charge in [-0.25, -0.2) is 0 Å². The number of nitrogens with one attached hydrogen (secondary N) is 2. The maximum Gasteiger partial charge on any atom is 0.269 e. The lowest BCUT2D eigenvalue weighted by molar-refractivity contribution is 0.0941. The number of aromatic nitrogens is 4. The molecule has 7 nitrogen and oxygen atoms in total. The summed E-state index contributed by atoms with van der Waals surface area (Å²) < 4.78 is 5.18. The molecular weight excluding hydrogens is 330 g/mol. The molecular formula is C19H15N5O2. The Hall–Kier alpha value is -3.74. The van der Waals surface area contributed by atoms with Crippen molar-refractivity contribution in [3.63, 3.8) is 0 Å². The first-order valence-corrected chi connectivity index (χ1v) is 8.06. The summed E-state index contributed by atoms with van der Waals surface area (Å²) in [6.45, 7) is 0.137. The van der Waals surface area contributed by atoms with Crippen molar-refractivity contribution in [3.05, 3.63) is 78.3 Å². The number of nitrogens with zero attached hydrogens (tertiary/aromatic N) is 3. The van der Waals surface area contributed by atoms with Gasteiger partial charge in [-0.2, -0.15) is 10.1 Å². The summed E-state index contributed by atoms with van der Waals surface area (Å²) >= 11 is 0. The molecule has 128 valence electrons. The van der Waals surface area contributed by atoms with Crippen molar-refractivity contribution >= 4 is 5.91 Å². The van der Waals surface area contributed by atoms with Gasteiger partial charge in [-0.1, -0.05) is 65.8 Å². The Bertz CT molecular complexity index is 1010. The summed E-state index contributed by atoms with van der Waals surface area (Å²) in [7, 11) is 0. The van der Waals surface area contributed by atoms with Crippen LogP contribution < -0.4 is 5.32 Å². The van der Waals surface area contributed by atoms with Crippen LogP contribution in [0, 0.1) is 0 Å². The molecule has 2 aromatic heterocycles. The lowest BCUT2D eigenvalue weighted by atomic mass is 10.1. The maximum absolute atomic E-state index is 12.3. The monoisotopic (exact) mass is 345 g/mol. The highest BCUT2D eigenvalue weighted by atomic mass is 16.5. The number of hydrogen-bond donors (Lipinski definition) is 2. The summed E-state index contributed by atoms with van der Waals surface area (Å²) in [5, 5.41) is 13.6. The number of aromatic amines is 1. The normalized spacial score (nSPS) is 10.6. The quantitative estimate of drug-likeness (QED) is 0.579. The molecule has 0 aliphatic rings. The number of amides is 1. The lowest BCUT2D eigenvalue weighted by Crippen LogP contribution is -2.23. The Morgan fingerprint density at radius 2 is 1.69 bits per heavy atom. The Morgan fingerprint density at radius 1 is 1.00 bits per heavy atom. The third-order valence-electron chi connectivity index (χ3n) is 3.79. The standard InChI is InChI=1S/C19H15N5O2/c25-19(16-11-15(22-23-16)13-7-3-1-4-8-13)20-12-17-21-18(24-26-17)14-9-5-2-6-10-14/h1-11H,12H2,(H,20,25)(H,22,23). The molecule has 2 aromatic carbocycles. The van der Waals surface area contributed by atoms with Crippen molar-refractivity contribution in [1.82, 2.24) is 25.7 Å². The fourth-order valence-corrected chi connectivity index (χ4v) is 2.48. The highest BCUT2D eigenvalue weighted by Gasteiger charge is 2.13. The predicted molar refractivity (Wildman–Crippen MR) is 94.9 cm³/mol. The molecule has 0 aliphatic heterocycles. The molecule has 2 N–H and O–H groups in total. The van der Waals surface area contributed by atoms with Crippen LogP contribution in [0.15, 0.2) is 71.3 Å². The van der Waals surface area contributed by atoms with Crippen LogP contribution in [0.2, 0.25) is 0 Å². The van der Waals surface area contributed by atoms with Crippen LogP contribution in [0.25, 0.3) is 22.6 Å². The van der Waals surface area contributed by atoms with E-state index in [0.717, 1.165) is 11.1 Å². The average molecular weight is 345 g/mol. The number of hydrogen-bond acceptors (Lipinski definition) is 5. The predicted octanol–water partition coefficient (Wildman–Crippen LogP) is 3.06. The molecule has 0 unspecified atom stereocenters. The number of benzene rings is 2. The minimum Gasteiger partial charge on any atom is -0.342 e. The molecule has 0 radical (unpaired) electrons. The molecule has 1 amide bonds. The van der Waals surface area contributed by atoms with Gasteiger partial charge in [-0.15, -0.1) is 0 Å². The number of H-pyrrole nitrogens is 1. The average Bonchev–Trinajstić information content (AvgIpc) is 3.37. The molecule has 26 heavy (non-hydrogen) atoms. The molecule has 0 spiro atoms. The Balaban J connectivity index is 1.40. The van der Waals surface area contributed by atoms with Gasteiger partial charge in [0.25, 0.3) is 5.91 Å². The van der Waals surface area contributed by atoms with Gasteiger partial charge in [0.1, 0.15) is 5.69 Å². The van der Waals surface area contributed by atoms with Crippen LogP contribution in [-0.4, -0.2) is 26.2 Å². The van der Waals surface area contributed by atoms with E-state index in [-0.39, 0.29) is 12.5 Å². The van der Waals surface area contributed by atoms with Crippen molar-refractivity contribution in [2.45, 2.75) is 6.54 Å². The maximum atomic E-state index is 12.3. The van der Waals surface area contributed by atoms with Crippen molar-refractivity contribution in [3.8, 4) is 22.6 Å². The van der Waals surface area contributed by atoms with Crippen molar-refractivity contribution < 1.29 is 9.32 Å². The fourth-order valence-electron chi connectivity index (χ4n) is 2.48. The summed E-state index contributed by atoms with van der Waals surface area (Å²) in [5.41, 5.74) is 2.87. The Labute approximate surface area is 149 Å². The van der Waals surface area contributed by atoms with Crippen LogP contribution in [0.4, 0.5) is 0 Å². The molecule has 7 heteroatoms. The van der Waals surface area contributed by atoms with E-state index in [0.29, 0.717) is 23.1 Å². The van der Waals surface area contributed by atoms with E-state index in [4.69, 9.17) is 4.52 Å². The van der Waals surface area contributed by atoms with Gasteiger partial charge in [-0.3, -0.25) is 9.89 Å². The number of carbonyl (C=O) groups is 1. The largest absolute Gasteiger partial charge is 0.342 e. The van der Waals surface area contributed by atoms with Crippen LogP contribution in [0.1, 0.15) is 16.4 Å². The third-order valence-corrected chi connectivity index (χ3v) is 3.79. The first-order valence-electron chi connectivity index (χ1n) is 8.06. The van der Waals surface area contributed by atoms with Crippen molar-refractivity contribution in [1.29, 1.82) is 0 Å². The summed E-state index contributed by atoms with van der Waals surface area (Å²) in [6.07, 6.45) is 0. The second kappa shape index (κ2) is 7.02. The highest BCUT2D eigenvalue weighted by molar-refractivity contribution is 5.93. The van der Waals surface area contributed by atoms with Gasteiger partial charge in [-0.05, 0) is 6.07 Å². The first-order chi connectivity index (χ1) is 12.8. The SMILES string of the molecule is O=C(NCc1nc(-c2ccccc2)no1)c1cc(-c2ccccc2)n[nH]1. The van der Waals surface area contributed by atoms with Gasteiger partial charge in [0.05, 0.1) is 12.2 Å². The molecule has 2 heterocycles. The van der Waals surface area contributed by atoms with Crippen LogP contribution >= 0.6 is 0 Å². The molecule has 0 saturated carbocycles. The smallest absolute Gasteiger partial charge is 0.269 e. The highest BCUT2D eigenvalue weighted by Crippen LogP contribution is 2.17. The molecule has 4 aromatic rings. The van der Waals surface area contributed by atoms with E-state index in [9.17, 15) is 4.79 Å². The molecule has 0 aliphatic carbocycles. The summed E-state index contributed by atoms with van der Waals surface area (Å²) in [5.74, 6) is 0.530. The number of carbonyl (C=O) groups excluding carboxylic acids is 1. The van der Waals surface area contributed by atoms with Crippen LogP contribution in [-0.2, 0) is 6.54 Å². The number of rotatable bonds is 5. The Kier molecular flexibility index (Phi) is 4.26. The molecule has 0 fully saturated rings. The van der Waals surface area contributed by atoms with E-state index >= 15 is 0 Å². The van der Waals surface area contributed by atoms with E-state index in [1.807, 2.05) is 60.7 Å². The second-order valence-corrected chi connectivity index (χ2v) is 5.59. The van der Waals surface area contributed by atoms with Gasteiger partial charge >= 0.3 is 0 Å². The Morgan fingerprint density at radius 3 is 2.42 bits per heavy atom. The topological polar surface area (TPSA) is 96.7 Å². The summed E-state index contributed by atoms with van der Waals surface area (Å²) in [4.78, 5) is 16.5. The fraction of sp³-hybridized carbons (Fsp3) is 0.0526. The minimum atomic E-state index is -0.292. The van der Waals surface area contributed by atoms with Crippen molar-refractivity contribution in [2.75, 3.05) is 0 Å².